The van der Waals surface area contributed by atoms with Crippen molar-refractivity contribution in [3.05, 3.63) is 74.8 Å². The predicted octanol–water partition coefficient (Wildman–Crippen LogP) is -0.716. The van der Waals surface area contributed by atoms with Crippen molar-refractivity contribution in [2.45, 2.75) is 13.8 Å². The quantitative estimate of drug-likeness (QED) is 0.176. The zero-order chi connectivity index (χ0) is 21.4. The number of hydrogen-bond acceptors (Lipinski definition) is 8. The molecule has 5 radical (unpaired) electrons. The number of nitro benzene ring substituents is 1. The number of rotatable bonds is 2. The van der Waals surface area contributed by atoms with Crippen LogP contribution in [-0.4, -0.2) is 50.1 Å². The van der Waals surface area contributed by atoms with Crippen LogP contribution in [-0.2, 0) is 9.59 Å². The molecule has 0 atom stereocenters. The molecule has 0 saturated heterocycles. The van der Waals surface area contributed by atoms with Gasteiger partial charge in [-0.05, 0) is 49.8 Å². The van der Waals surface area contributed by atoms with Crippen LogP contribution >= 0.6 is 15.9 Å². The van der Waals surface area contributed by atoms with Crippen LogP contribution < -0.4 is 15.3 Å². The smallest absolute Gasteiger partial charge is 0.269 e. The minimum atomic E-state index is -1.34. The number of non-ortho nitro benzene ring substituents is 1. The van der Waals surface area contributed by atoms with Crippen LogP contribution in [0.1, 0.15) is 24.2 Å². The first kappa shape index (κ1) is 30.4. The summed E-state index contributed by atoms with van der Waals surface area (Å²) < 4.78 is 1.10. The van der Waals surface area contributed by atoms with Crippen LogP contribution in [0.15, 0.2) is 52.7 Å². The number of aliphatic carboxylic acids is 2. The van der Waals surface area contributed by atoms with Crippen molar-refractivity contribution in [3.8, 4) is 0 Å². The fourth-order valence-electron chi connectivity index (χ4n) is 1.09. The maximum atomic E-state index is 10.2. The van der Waals surface area contributed by atoms with E-state index >= 15 is 0 Å². The van der Waals surface area contributed by atoms with Crippen LogP contribution in [0.2, 0.25) is 0 Å². The molecule has 0 aromatic heterocycles. The molecule has 1 aromatic carbocycles. The van der Waals surface area contributed by atoms with E-state index in [1.54, 1.807) is 0 Å². The van der Waals surface area contributed by atoms with Gasteiger partial charge in [-0.25, -0.2) is 0 Å². The van der Waals surface area contributed by atoms with Crippen molar-refractivity contribution < 1.29 is 34.6 Å². The number of carbonyl (C=O) groups excluding carboxylic acids is 3. The summed E-state index contributed by atoms with van der Waals surface area (Å²) in [7, 11) is 0. The zero-order valence-electron chi connectivity index (χ0n) is 14.7. The minimum absolute atomic E-state index is 0. The number of aromatic carboxylic acids is 1. The van der Waals surface area contributed by atoms with Gasteiger partial charge in [-0.2, -0.15) is 0 Å². The summed E-state index contributed by atoms with van der Waals surface area (Å²) in [5.41, 5.74) is 2.70. The number of carboxylic acids is 3. The van der Waals surface area contributed by atoms with Crippen LogP contribution in [0, 0.1) is 16.5 Å². The van der Waals surface area contributed by atoms with Gasteiger partial charge in [0.1, 0.15) is 0 Å². The standard InChI is InChI=1S/C7H5NO4.C6H4Br.2C2H4O2.Pb/c9-7(10)5-1-3-6(4-2-5)8(11)12;7-6-4-2-1-3-5-6;2*1-2(3)4;/h1-4H,(H,9,10);2-5H;2*1H3,(H,3,4);/p-3. The molecule has 0 saturated carbocycles. The minimum Gasteiger partial charge on any atom is -0.550 e. The molecule has 9 nitrogen and oxygen atoms in total. The largest absolute Gasteiger partial charge is 0.550 e. The average Bonchev–Trinajstić information content (AvgIpc) is 2.55. The zero-order valence-corrected chi connectivity index (χ0v) is 20.2. The van der Waals surface area contributed by atoms with E-state index in [0.717, 1.165) is 42.6 Å². The maximum absolute atomic E-state index is 10.2. The summed E-state index contributed by atoms with van der Waals surface area (Å²) in [4.78, 5) is 37.5. The molecule has 11 heteroatoms. The summed E-state index contributed by atoms with van der Waals surface area (Å²) in [5.74, 6) is -3.51. The van der Waals surface area contributed by atoms with Crippen LogP contribution in [0.3, 0.4) is 0 Å². The van der Waals surface area contributed by atoms with Gasteiger partial charge in [0.2, 0.25) is 0 Å². The average molecular weight is 647 g/mol. The van der Waals surface area contributed by atoms with Gasteiger partial charge >= 0.3 is 0 Å². The summed E-state index contributed by atoms with van der Waals surface area (Å²) in [5, 5.41) is 38.1. The van der Waals surface area contributed by atoms with Gasteiger partial charge in [-0.3, -0.25) is 10.1 Å². The van der Waals surface area contributed by atoms with Crippen molar-refractivity contribution >= 4 is 66.8 Å². The number of hydrogen-bond donors (Lipinski definition) is 0. The molecule has 1 aromatic rings. The Hall–Kier alpha value is -2.31. The van der Waals surface area contributed by atoms with Gasteiger partial charge in [0.15, 0.2) is 0 Å². The van der Waals surface area contributed by atoms with E-state index in [1.165, 1.54) is 0 Å². The van der Waals surface area contributed by atoms with Crippen molar-refractivity contribution in [1.82, 2.24) is 0 Å². The second kappa shape index (κ2) is 18.1. The molecular weight excluding hydrogens is 633 g/mol. The fourth-order valence-corrected chi connectivity index (χ4v) is 1.35. The van der Waals surface area contributed by atoms with Crippen molar-refractivity contribution in [3.63, 3.8) is 0 Å². The fraction of sp³-hybridized carbons (Fsp3) is 0.118. The second-order valence-electron chi connectivity index (χ2n) is 4.29. The molecule has 1 aliphatic rings. The van der Waals surface area contributed by atoms with Crippen LogP contribution in [0.5, 0.6) is 0 Å². The first-order valence-corrected chi connectivity index (χ1v) is 7.69. The Labute approximate surface area is 189 Å². The first-order valence-electron chi connectivity index (χ1n) is 6.90. The molecular formula is C17H14BrNO8Pb-3. The Kier molecular flexibility index (Phi) is 19.6. The van der Waals surface area contributed by atoms with Gasteiger partial charge in [0, 0.05) is 62.3 Å². The summed E-state index contributed by atoms with van der Waals surface area (Å²) in [6.45, 7) is 1.94. The molecule has 0 heterocycles. The maximum Gasteiger partial charge on any atom is 0.269 e. The third-order valence-corrected chi connectivity index (χ3v) is 2.52. The number of carbonyl (C=O) groups is 3. The van der Waals surface area contributed by atoms with Crippen molar-refractivity contribution in [2.75, 3.05) is 0 Å². The van der Waals surface area contributed by atoms with E-state index in [1.807, 2.05) is 24.6 Å². The topological polar surface area (TPSA) is 164 Å². The summed E-state index contributed by atoms with van der Waals surface area (Å²) in [6, 6.07) is 4.50. The Morgan fingerprint density at radius 1 is 0.964 bits per heavy atom. The Morgan fingerprint density at radius 2 is 1.39 bits per heavy atom. The Balaban J connectivity index is -0.000000333. The van der Waals surface area contributed by atoms with Gasteiger partial charge in [-0.15, -0.1) is 5.73 Å². The number of carboxylic acid groups (broad SMARTS) is 3. The first-order chi connectivity index (χ1) is 12.5. The van der Waals surface area contributed by atoms with Gasteiger partial charge in [0.25, 0.3) is 5.69 Å². The second-order valence-corrected chi connectivity index (χ2v) is 5.21. The Bertz CT molecular complexity index is 700. The van der Waals surface area contributed by atoms with Gasteiger partial charge in [0.05, 0.1) is 10.9 Å². The van der Waals surface area contributed by atoms with E-state index < -0.39 is 22.8 Å². The molecule has 0 bridgehead atoms. The molecule has 0 fully saturated rings. The molecule has 149 valence electrons. The molecule has 0 amide bonds. The van der Waals surface area contributed by atoms with E-state index in [2.05, 4.69) is 21.7 Å². The molecule has 0 N–H and O–H groups in total. The molecule has 28 heavy (non-hydrogen) atoms. The normalized spacial score (nSPS) is 10.0. The van der Waals surface area contributed by atoms with Crippen LogP contribution in [0.25, 0.3) is 0 Å². The molecule has 0 spiro atoms. The van der Waals surface area contributed by atoms with Gasteiger partial charge in [-0.1, -0.05) is 15.9 Å². The summed E-state index contributed by atoms with van der Waals surface area (Å²) >= 11 is 3.29. The number of halogens is 1. The van der Waals surface area contributed by atoms with Crippen molar-refractivity contribution in [1.29, 1.82) is 0 Å². The van der Waals surface area contributed by atoms with E-state index in [-0.39, 0.29) is 38.5 Å². The van der Waals surface area contributed by atoms with E-state index in [4.69, 9.17) is 19.8 Å². The third-order valence-electron chi connectivity index (χ3n) is 1.99. The molecule has 2 rings (SSSR count). The number of benzene rings is 1. The monoisotopic (exact) mass is 647 g/mol. The number of allylic oxidation sites excluding steroid dienone is 3. The number of nitro groups is 1. The molecule has 1 aliphatic carbocycles. The third kappa shape index (κ3) is 21.7. The van der Waals surface area contributed by atoms with E-state index in [0.29, 0.717) is 0 Å². The predicted molar refractivity (Wildman–Crippen MR) is 98.5 cm³/mol. The van der Waals surface area contributed by atoms with E-state index in [9.17, 15) is 20.0 Å². The van der Waals surface area contributed by atoms with Gasteiger partial charge < -0.3 is 29.7 Å². The summed E-state index contributed by atoms with van der Waals surface area (Å²) in [6.07, 6.45) is 7.62. The van der Waals surface area contributed by atoms with Crippen LogP contribution in [0.4, 0.5) is 5.69 Å². The Morgan fingerprint density at radius 3 is 1.61 bits per heavy atom. The molecule has 0 unspecified atom stereocenters. The van der Waals surface area contributed by atoms with Crippen molar-refractivity contribution in [2.24, 2.45) is 0 Å². The SMILES string of the molecule is BrC1=CC=C=C[CH]1.CC(=O)[O-].CC(=O)[O-].O=C([O-])c1ccc([N+](=O)[O-])cc1.[Pb]. The number of nitrogens with zero attached hydrogens (tertiary/aromatic N) is 1. The molecule has 0 aliphatic heterocycles.